The number of hydrogen-bond acceptors (Lipinski definition) is 7. The number of carbonyl (C=O) groups excluding carboxylic acids is 6. The van der Waals surface area contributed by atoms with Gasteiger partial charge in [-0.15, -0.1) is 0 Å². The summed E-state index contributed by atoms with van der Waals surface area (Å²) in [5, 5.41) is 10.6. The fourth-order valence-electron chi connectivity index (χ4n) is 3.80. The molecule has 0 aromatic carbocycles. The molecule has 204 valence electrons. The number of nitrogens with zero attached hydrogens (tertiary/aromatic N) is 1. The number of amides is 5. The molecule has 1 fully saturated rings. The van der Waals surface area contributed by atoms with Gasteiger partial charge in [0.2, 0.25) is 29.5 Å². The van der Waals surface area contributed by atoms with Gasteiger partial charge in [-0.1, -0.05) is 20.8 Å². The van der Waals surface area contributed by atoms with Crippen LogP contribution in [0.5, 0.6) is 0 Å². The third-order valence-corrected chi connectivity index (χ3v) is 5.97. The van der Waals surface area contributed by atoms with Crippen LogP contribution in [0.1, 0.15) is 72.1 Å². The van der Waals surface area contributed by atoms with E-state index < -0.39 is 18.1 Å². The lowest BCUT2D eigenvalue weighted by atomic mass is 10.1. The molecule has 4 N–H and O–H groups in total. The molecule has 12 heteroatoms. The summed E-state index contributed by atoms with van der Waals surface area (Å²) in [5.41, 5.74) is 0. The lowest BCUT2D eigenvalue weighted by Crippen LogP contribution is -2.50. The van der Waals surface area contributed by atoms with Crippen LogP contribution in [0.3, 0.4) is 0 Å². The van der Waals surface area contributed by atoms with E-state index in [9.17, 15) is 28.8 Å². The Bertz CT molecular complexity index is 769. The average Bonchev–Trinajstić information content (AvgIpc) is 3.29. The molecule has 5 amide bonds. The summed E-state index contributed by atoms with van der Waals surface area (Å²) in [6, 6.07) is -0.606. The number of rotatable bonds is 15. The minimum Gasteiger partial charge on any atom is -0.460 e. The Morgan fingerprint density at radius 1 is 0.833 bits per heavy atom. The van der Waals surface area contributed by atoms with Crippen molar-refractivity contribution in [2.75, 3.05) is 26.7 Å². The van der Waals surface area contributed by atoms with Crippen LogP contribution >= 0.6 is 0 Å². The van der Waals surface area contributed by atoms with Crippen LogP contribution in [0.15, 0.2) is 0 Å². The monoisotopic (exact) mass is 511 g/mol. The quantitative estimate of drug-likeness (QED) is 0.220. The molecule has 1 rings (SSSR count). The maximum absolute atomic E-state index is 12.8. The molecular formula is C24H41N5O7. The van der Waals surface area contributed by atoms with Crippen molar-refractivity contribution >= 4 is 35.5 Å². The van der Waals surface area contributed by atoms with E-state index in [1.165, 1.54) is 7.05 Å². The first kappa shape index (κ1) is 30.9. The van der Waals surface area contributed by atoms with E-state index in [1.54, 1.807) is 18.7 Å². The lowest BCUT2D eigenvalue weighted by Gasteiger charge is -2.23. The van der Waals surface area contributed by atoms with E-state index in [-0.39, 0.29) is 80.9 Å². The largest absolute Gasteiger partial charge is 0.460 e. The summed E-state index contributed by atoms with van der Waals surface area (Å²) in [5.74, 6) is -1.65. The maximum Gasteiger partial charge on any atom is 0.306 e. The second-order valence-electron chi connectivity index (χ2n) is 8.71. The molecule has 1 saturated heterocycles. The molecule has 1 heterocycles. The zero-order valence-corrected chi connectivity index (χ0v) is 21.8. The van der Waals surface area contributed by atoms with Crippen molar-refractivity contribution in [2.45, 2.75) is 90.3 Å². The normalized spacial score (nSPS) is 16.9. The highest BCUT2D eigenvalue weighted by atomic mass is 16.5. The smallest absolute Gasteiger partial charge is 0.306 e. The van der Waals surface area contributed by atoms with Crippen molar-refractivity contribution in [2.24, 2.45) is 0 Å². The van der Waals surface area contributed by atoms with E-state index >= 15 is 0 Å². The predicted molar refractivity (Wildman–Crippen MR) is 131 cm³/mol. The molecule has 2 atom stereocenters. The summed E-state index contributed by atoms with van der Waals surface area (Å²) in [4.78, 5) is 73.5. The summed E-state index contributed by atoms with van der Waals surface area (Å²) in [6.07, 6.45) is 1.29. The van der Waals surface area contributed by atoms with Crippen LogP contribution in [-0.4, -0.2) is 85.3 Å². The molecule has 1 aliphatic rings. The van der Waals surface area contributed by atoms with Gasteiger partial charge in [-0.3, -0.25) is 28.8 Å². The number of nitrogens with one attached hydrogen (secondary N) is 4. The van der Waals surface area contributed by atoms with Crippen LogP contribution in [-0.2, 0) is 33.5 Å². The molecule has 0 aromatic heterocycles. The zero-order chi connectivity index (χ0) is 27.1. The third kappa shape index (κ3) is 11.5. The van der Waals surface area contributed by atoms with Crippen LogP contribution < -0.4 is 21.3 Å². The molecule has 1 aliphatic heterocycles. The van der Waals surface area contributed by atoms with Crippen LogP contribution in [0.2, 0.25) is 0 Å². The minimum absolute atomic E-state index is 0.0188. The van der Waals surface area contributed by atoms with Gasteiger partial charge in [0.1, 0.15) is 6.10 Å². The highest BCUT2D eigenvalue weighted by Crippen LogP contribution is 2.24. The number of hydrogen-bond donors (Lipinski definition) is 4. The number of ether oxygens (including phenoxy) is 1. The van der Waals surface area contributed by atoms with Crippen LogP contribution in [0, 0.1) is 0 Å². The molecule has 0 spiro atoms. The fourth-order valence-corrected chi connectivity index (χ4v) is 3.80. The summed E-state index contributed by atoms with van der Waals surface area (Å²) < 4.78 is 5.45. The van der Waals surface area contributed by atoms with Gasteiger partial charge in [0, 0.05) is 64.7 Å². The second kappa shape index (κ2) is 16.5. The van der Waals surface area contributed by atoms with Gasteiger partial charge in [0.05, 0.1) is 19.0 Å². The van der Waals surface area contributed by atoms with Crippen molar-refractivity contribution in [3.8, 4) is 0 Å². The van der Waals surface area contributed by atoms with Crippen molar-refractivity contribution in [3.05, 3.63) is 0 Å². The van der Waals surface area contributed by atoms with E-state index in [0.717, 1.165) is 0 Å². The Hall–Kier alpha value is -3.18. The Kier molecular flexibility index (Phi) is 14.1. The fraction of sp³-hybridized carbons (Fsp3) is 0.750. The molecule has 0 unspecified atom stereocenters. The molecule has 36 heavy (non-hydrogen) atoms. The lowest BCUT2D eigenvalue weighted by molar-refractivity contribution is -0.150. The van der Waals surface area contributed by atoms with E-state index in [4.69, 9.17) is 4.74 Å². The first-order chi connectivity index (χ1) is 17.1. The van der Waals surface area contributed by atoms with E-state index in [1.807, 2.05) is 6.92 Å². The van der Waals surface area contributed by atoms with E-state index in [2.05, 4.69) is 21.3 Å². The van der Waals surface area contributed by atoms with Gasteiger partial charge >= 0.3 is 5.97 Å². The van der Waals surface area contributed by atoms with Crippen LogP contribution in [0.25, 0.3) is 0 Å². The summed E-state index contributed by atoms with van der Waals surface area (Å²) >= 11 is 0. The summed E-state index contributed by atoms with van der Waals surface area (Å²) in [7, 11) is 1.49. The Labute approximate surface area is 212 Å². The number of esters is 1. The topological polar surface area (TPSA) is 163 Å². The highest BCUT2D eigenvalue weighted by molar-refractivity contribution is 5.85. The third-order valence-electron chi connectivity index (χ3n) is 5.97. The summed E-state index contributed by atoms with van der Waals surface area (Å²) in [6.45, 7) is 5.94. The van der Waals surface area contributed by atoms with Crippen molar-refractivity contribution in [1.82, 2.24) is 26.2 Å². The Morgan fingerprint density at radius 3 is 1.94 bits per heavy atom. The molecular weight excluding hydrogens is 470 g/mol. The first-order valence-corrected chi connectivity index (χ1v) is 12.7. The first-order valence-electron chi connectivity index (χ1n) is 12.7. The molecule has 0 radical (unpaired) electrons. The van der Waals surface area contributed by atoms with Gasteiger partial charge in [0.25, 0.3) is 0 Å². The molecule has 0 aromatic rings. The molecule has 0 bridgehead atoms. The van der Waals surface area contributed by atoms with Gasteiger partial charge in [-0.25, -0.2) is 0 Å². The van der Waals surface area contributed by atoms with Gasteiger partial charge in [-0.05, 0) is 6.42 Å². The number of likely N-dealkylation sites (tertiary alicyclic amines) is 1. The second-order valence-corrected chi connectivity index (χ2v) is 8.71. The van der Waals surface area contributed by atoms with E-state index in [0.29, 0.717) is 25.7 Å². The Morgan fingerprint density at radius 2 is 1.42 bits per heavy atom. The van der Waals surface area contributed by atoms with Gasteiger partial charge in [-0.2, -0.15) is 0 Å². The maximum atomic E-state index is 12.8. The zero-order valence-electron chi connectivity index (χ0n) is 21.8. The molecule has 12 nitrogen and oxygen atoms in total. The van der Waals surface area contributed by atoms with Crippen molar-refractivity contribution in [1.29, 1.82) is 0 Å². The van der Waals surface area contributed by atoms with Gasteiger partial charge in [0.15, 0.2) is 0 Å². The van der Waals surface area contributed by atoms with Crippen molar-refractivity contribution in [3.63, 3.8) is 0 Å². The minimum atomic E-state index is -0.507. The Balaban J connectivity index is 2.56. The highest BCUT2D eigenvalue weighted by Gasteiger charge is 2.36. The number of carbonyl (C=O) groups is 6. The predicted octanol–water partition coefficient (Wildman–Crippen LogP) is -0.247. The standard InChI is InChI=1S/C24H41N5O7/c1-5-17-12-18(36-24(35)11-9-21(32)25-4)15-29(17)23(34)10-8-22(33)28-16(13-26-19(30)6-2)14-27-20(31)7-3/h16-18H,5-15H2,1-4H3,(H,25,32)(H,26,30)(H,27,31)(H,28,33)/t17-,18-/m1/s1. The van der Waals surface area contributed by atoms with Crippen LogP contribution in [0.4, 0.5) is 0 Å². The SMILES string of the molecule is CCC(=O)NCC(CNC(=O)CC)NC(=O)CCC(=O)N1C[C@H](OC(=O)CCC(=O)NC)C[C@H]1CC. The molecule has 0 saturated carbocycles. The van der Waals surface area contributed by atoms with Gasteiger partial charge < -0.3 is 30.9 Å². The van der Waals surface area contributed by atoms with Crippen molar-refractivity contribution < 1.29 is 33.5 Å². The molecule has 0 aliphatic carbocycles. The average molecular weight is 512 g/mol.